The molecule has 1 aliphatic rings. The monoisotopic (exact) mass is 453 g/mol. The summed E-state index contributed by atoms with van der Waals surface area (Å²) in [5.41, 5.74) is -0.379. The molecule has 0 amide bonds. The highest BCUT2D eigenvalue weighted by Gasteiger charge is 2.52. The Morgan fingerprint density at radius 3 is 2.59 bits per heavy atom. The number of aliphatic hydroxyl groups is 2. The summed E-state index contributed by atoms with van der Waals surface area (Å²) in [6.07, 6.45) is 0.144. The largest absolute Gasteiger partial charge is 0.481 e. The molecule has 2 aromatic rings. The van der Waals surface area contributed by atoms with E-state index < -0.39 is 45.9 Å². The Balaban J connectivity index is 1.83. The maximum atomic E-state index is 11.7. The van der Waals surface area contributed by atoms with Gasteiger partial charge in [-0.05, 0) is 6.42 Å². The quantitative estimate of drug-likeness (QED) is 0.300. The number of nitrogens with zero attached hydrogens (tertiary/aromatic N) is 4. The molecular weight excluding hydrogens is 432 g/mol. The Kier molecular flexibility index (Phi) is 5.86. The molecular formula is C13H21N5O9P2. The van der Waals surface area contributed by atoms with Gasteiger partial charge in [0.15, 0.2) is 11.5 Å². The Morgan fingerprint density at radius 1 is 1.28 bits per heavy atom. The van der Waals surface area contributed by atoms with Crippen molar-refractivity contribution in [3.05, 3.63) is 12.7 Å². The van der Waals surface area contributed by atoms with Crippen molar-refractivity contribution in [1.29, 1.82) is 0 Å². The number of nitrogens with one attached hydrogen (secondary N) is 1. The van der Waals surface area contributed by atoms with Crippen LogP contribution in [0.4, 0.5) is 5.82 Å². The van der Waals surface area contributed by atoms with Gasteiger partial charge in [-0.15, -0.1) is 0 Å². The van der Waals surface area contributed by atoms with Crippen LogP contribution in [0.25, 0.3) is 11.2 Å². The molecule has 0 bridgehead atoms. The van der Waals surface area contributed by atoms with E-state index in [1.165, 1.54) is 19.6 Å². The molecule has 5 atom stereocenters. The number of fused-ring (bicyclic) bond motifs is 1. The van der Waals surface area contributed by atoms with Crippen LogP contribution in [0.15, 0.2) is 12.7 Å². The fourth-order valence-corrected chi connectivity index (χ4v) is 5.14. The van der Waals surface area contributed by atoms with Crippen LogP contribution >= 0.6 is 15.6 Å². The lowest BCUT2D eigenvalue weighted by Gasteiger charge is -2.28. The SMILES string of the molecule is CNc1ncnc2c1ncn2[C@@H]1C[C@](C)(COP(=O)(O)OP(=O)(O)O)[C@@H](O)[C@H]1O. The fourth-order valence-electron chi connectivity index (χ4n) is 3.41. The maximum Gasteiger partial charge on any atom is 0.481 e. The number of hydrogen-bond donors (Lipinski definition) is 6. The third-order valence-electron chi connectivity index (χ3n) is 4.83. The molecule has 0 aromatic carbocycles. The summed E-state index contributed by atoms with van der Waals surface area (Å²) in [6.45, 7) is 0.879. The summed E-state index contributed by atoms with van der Waals surface area (Å²) in [5, 5.41) is 24.0. The molecule has 1 fully saturated rings. The fraction of sp³-hybridized carbons (Fsp3) is 0.615. The van der Waals surface area contributed by atoms with Crippen molar-refractivity contribution in [2.24, 2.45) is 5.41 Å². The first-order valence-corrected chi connectivity index (χ1v) is 11.3. The summed E-state index contributed by atoms with van der Waals surface area (Å²) in [4.78, 5) is 39.2. The van der Waals surface area contributed by atoms with Gasteiger partial charge in [0.1, 0.15) is 17.9 Å². The molecule has 16 heteroatoms. The number of phosphoric acid groups is 2. The molecule has 2 heterocycles. The van der Waals surface area contributed by atoms with Gasteiger partial charge in [0.05, 0.1) is 25.1 Å². The second-order valence-corrected chi connectivity index (χ2v) is 9.80. The first kappa shape index (κ1) is 22.2. The second kappa shape index (κ2) is 7.65. The van der Waals surface area contributed by atoms with Crippen LogP contribution < -0.4 is 5.32 Å². The van der Waals surface area contributed by atoms with Gasteiger partial charge < -0.3 is 34.8 Å². The normalized spacial score (nSPS) is 29.8. The minimum atomic E-state index is -5.27. The van der Waals surface area contributed by atoms with Gasteiger partial charge >= 0.3 is 15.6 Å². The zero-order valence-electron chi connectivity index (χ0n) is 15.4. The average Bonchev–Trinajstić information content (AvgIpc) is 3.13. The molecule has 0 spiro atoms. The number of aromatic nitrogens is 4. The van der Waals surface area contributed by atoms with E-state index in [2.05, 4.69) is 29.1 Å². The molecule has 29 heavy (non-hydrogen) atoms. The minimum Gasteiger partial charge on any atom is -0.390 e. The van der Waals surface area contributed by atoms with Crippen LogP contribution in [0, 0.1) is 5.41 Å². The third-order valence-corrected chi connectivity index (χ3v) is 6.96. The first-order valence-electron chi connectivity index (χ1n) is 8.32. The Hall–Kier alpha value is -1.47. The molecule has 0 aliphatic heterocycles. The second-order valence-electron chi connectivity index (χ2n) is 6.97. The van der Waals surface area contributed by atoms with Crippen molar-refractivity contribution in [3.8, 4) is 0 Å². The van der Waals surface area contributed by atoms with E-state index in [9.17, 15) is 24.2 Å². The predicted molar refractivity (Wildman–Crippen MR) is 97.6 cm³/mol. The third kappa shape index (κ3) is 4.50. The van der Waals surface area contributed by atoms with Crippen LogP contribution in [0.5, 0.6) is 0 Å². The highest BCUT2D eigenvalue weighted by molar-refractivity contribution is 7.60. The summed E-state index contributed by atoms with van der Waals surface area (Å²) in [6, 6.07) is -0.705. The van der Waals surface area contributed by atoms with Crippen LogP contribution in [-0.4, -0.2) is 70.3 Å². The standard InChI is InChI=1S/C13H21N5O9P2/c1-13(4-26-29(24,25)27-28(21,22)23)3-7(9(19)10(13)20)18-6-17-8-11(14-2)15-5-16-12(8)18/h5-7,9-10,19-20H,3-4H2,1-2H3,(H,24,25)(H,14,15,16)(H2,21,22,23)/t7-,9+,10+,13-/m1/s1. The predicted octanol–water partition coefficient (Wildman–Crippen LogP) is -0.233. The number of phosphoric ester groups is 1. The van der Waals surface area contributed by atoms with Crippen LogP contribution in [0.1, 0.15) is 19.4 Å². The zero-order valence-corrected chi connectivity index (χ0v) is 17.1. The molecule has 1 unspecified atom stereocenters. The highest BCUT2D eigenvalue weighted by Crippen LogP contribution is 2.59. The minimum absolute atomic E-state index is 0.0790. The molecule has 6 N–H and O–H groups in total. The van der Waals surface area contributed by atoms with Gasteiger partial charge in [-0.2, -0.15) is 4.31 Å². The highest BCUT2D eigenvalue weighted by atomic mass is 31.3. The summed E-state index contributed by atoms with van der Waals surface area (Å²) < 4.78 is 32.4. The Labute approximate surface area is 164 Å². The lowest BCUT2D eigenvalue weighted by molar-refractivity contribution is -0.0397. The first-order chi connectivity index (χ1) is 13.4. The van der Waals surface area contributed by atoms with Gasteiger partial charge in [-0.1, -0.05) is 6.92 Å². The van der Waals surface area contributed by atoms with Crippen LogP contribution in [0.2, 0.25) is 0 Å². The van der Waals surface area contributed by atoms with Crippen LogP contribution in [-0.2, 0) is 18.0 Å². The van der Waals surface area contributed by atoms with E-state index in [1.807, 2.05) is 0 Å². The van der Waals surface area contributed by atoms with Gasteiger partial charge in [-0.25, -0.2) is 24.1 Å². The molecule has 1 aliphatic carbocycles. The van der Waals surface area contributed by atoms with E-state index >= 15 is 0 Å². The molecule has 162 valence electrons. The Morgan fingerprint density at radius 2 is 1.97 bits per heavy atom. The van der Waals surface area contributed by atoms with Crippen molar-refractivity contribution in [1.82, 2.24) is 19.5 Å². The smallest absolute Gasteiger partial charge is 0.390 e. The summed E-state index contributed by atoms with van der Waals surface area (Å²) >= 11 is 0. The van der Waals surface area contributed by atoms with E-state index in [0.717, 1.165) is 0 Å². The van der Waals surface area contributed by atoms with E-state index in [0.29, 0.717) is 17.0 Å². The lowest BCUT2D eigenvalue weighted by Crippen LogP contribution is -2.37. The van der Waals surface area contributed by atoms with Crippen molar-refractivity contribution in [2.45, 2.75) is 31.6 Å². The van der Waals surface area contributed by atoms with Crippen molar-refractivity contribution < 1.29 is 42.9 Å². The summed E-state index contributed by atoms with van der Waals surface area (Å²) in [5.74, 6) is 0.476. The molecule has 2 aromatic heterocycles. The van der Waals surface area contributed by atoms with Crippen LogP contribution in [0.3, 0.4) is 0 Å². The van der Waals surface area contributed by atoms with Gasteiger partial charge in [0, 0.05) is 12.5 Å². The number of hydrogen-bond acceptors (Lipinski definition) is 10. The molecule has 1 saturated carbocycles. The van der Waals surface area contributed by atoms with E-state index in [4.69, 9.17) is 9.79 Å². The molecule has 3 rings (SSSR count). The van der Waals surface area contributed by atoms with E-state index in [-0.39, 0.29) is 6.42 Å². The topological polar surface area (TPSA) is 209 Å². The Bertz CT molecular complexity index is 996. The van der Waals surface area contributed by atoms with Gasteiger partial charge in [-0.3, -0.25) is 4.52 Å². The van der Waals surface area contributed by atoms with Crippen molar-refractivity contribution in [2.75, 3.05) is 19.0 Å². The van der Waals surface area contributed by atoms with Crippen molar-refractivity contribution >= 4 is 32.6 Å². The lowest BCUT2D eigenvalue weighted by atomic mass is 9.87. The average molecular weight is 453 g/mol. The van der Waals surface area contributed by atoms with Gasteiger partial charge in [0.25, 0.3) is 0 Å². The number of aliphatic hydroxyl groups excluding tert-OH is 2. The number of rotatable bonds is 7. The zero-order chi connectivity index (χ0) is 21.6. The summed E-state index contributed by atoms with van der Waals surface area (Å²) in [7, 11) is -8.69. The van der Waals surface area contributed by atoms with E-state index in [1.54, 1.807) is 11.6 Å². The number of imidazole rings is 1. The van der Waals surface area contributed by atoms with Crippen molar-refractivity contribution in [3.63, 3.8) is 0 Å². The molecule has 14 nitrogen and oxygen atoms in total. The molecule has 0 saturated heterocycles. The van der Waals surface area contributed by atoms with Gasteiger partial charge in [0.2, 0.25) is 0 Å². The maximum absolute atomic E-state index is 11.7. The molecule has 0 radical (unpaired) electrons. The number of anilines is 1.